The number of nitrogens with one attached hydrogen (secondary N) is 1. The van der Waals surface area contributed by atoms with Crippen molar-refractivity contribution in [1.29, 1.82) is 0 Å². The largest absolute Gasteiger partial charge is 0.308 e. The van der Waals surface area contributed by atoms with Crippen LogP contribution in [0.2, 0.25) is 0 Å². The maximum Gasteiger partial charge on any atom is 0.0544 e. The van der Waals surface area contributed by atoms with Crippen molar-refractivity contribution in [2.45, 2.75) is 46.7 Å². The van der Waals surface area contributed by atoms with E-state index in [-0.39, 0.29) is 0 Å². The molecule has 2 unspecified atom stereocenters. The van der Waals surface area contributed by atoms with Crippen LogP contribution in [0.4, 0.5) is 0 Å². The molecule has 2 nitrogen and oxygen atoms in total. The van der Waals surface area contributed by atoms with Gasteiger partial charge in [-0.15, -0.1) is 0 Å². The molecule has 0 saturated carbocycles. The van der Waals surface area contributed by atoms with Gasteiger partial charge in [0.15, 0.2) is 0 Å². The van der Waals surface area contributed by atoms with Gasteiger partial charge in [0.2, 0.25) is 0 Å². The Morgan fingerprint density at radius 1 is 1.33 bits per heavy atom. The minimum atomic E-state index is 0.553. The summed E-state index contributed by atoms with van der Waals surface area (Å²) in [6, 6.07) is 6.72. The summed E-state index contributed by atoms with van der Waals surface area (Å²) in [6.07, 6.45) is 1.22. The normalized spacial score (nSPS) is 14.9. The van der Waals surface area contributed by atoms with Crippen molar-refractivity contribution in [3.8, 4) is 0 Å². The van der Waals surface area contributed by atoms with Crippen molar-refractivity contribution >= 4 is 0 Å². The number of hydrogen-bond donors (Lipinski definition) is 1. The van der Waals surface area contributed by atoms with E-state index in [9.17, 15) is 0 Å². The summed E-state index contributed by atoms with van der Waals surface area (Å²) < 4.78 is 0. The van der Waals surface area contributed by atoms with Crippen molar-refractivity contribution in [3.05, 3.63) is 29.6 Å². The maximum atomic E-state index is 4.47. The summed E-state index contributed by atoms with van der Waals surface area (Å²) >= 11 is 0. The molecular formula is C13H22N2. The lowest BCUT2D eigenvalue weighted by atomic mass is 10.0. The number of aryl methyl sites for hydroxylation is 1. The number of rotatable bonds is 5. The zero-order valence-electron chi connectivity index (χ0n) is 10.2. The highest BCUT2D eigenvalue weighted by molar-refractivity contribution is 5.09. The molecule has 0 fully saturated rings. The fraction of sp³-hybridized carbons (Fsp3) is 0.615. The monoisotopic (exact) mass is 206 g/mol. The lowest BCUT2D eigenvalue weighted by molar-refractivity contribution is 0.388. The lowest BCUT2D eigenvalue weighted by Crippen LogP contribution is -2.31. The molecule has 2 heteroatoms. The average Bonchev–Trinajstić information content (AvgIpc) is 2.25. The van der Waals surface area contributed by atoms with Gasteiger partial charge in [0.05, 0.1) is 5.69 Å². The Morgan fingerprint density at radius 2 is 2.07 bits per heavy atom. The van der Waals surface area contributed by atoms with Crippen molar-refractivity contribution in [3.63, 3.8) is 0 Å². The number of hydrogen-bond acceptors (Lipinski definition) is 2. The first-order valence-electron chi connectivity index (χ1n) is 5.79. The SMILES string of the molecule is CCC(C)C(C)NCc1cccc(C)n1. The molecule has 1 aromatic rings. The molecule has 0 aliphatic rings. The minimum absolute atomic E-state index is 0.553. The van der Waals surface area contributed by atoms with Crippen LogP contribution in [0.5, 0.6) is 0 Å². The molecule has 15 heavy (non-hydrogen) atoms. The van der Waals surface area contributed by atoms with E-state index in [4.69, 9.17) is 0 Å². The third-order valence-electron chi connectivity index (χ3n) is 3.05. The quantitative estimate of drug-likeness (QED) is 0.801. The molecule has 84 valence electrons. The summed E-state index contributed by atoms with van der Waals surface area (Å²) in [7, 11) is 0. The van der Waals surface area contributed by atoms with Crippen molar-refractivity contribution in [2.75, 3.05) is 0 Å². The molecule has 0 aliphatic carbocycles. The topological polar surface area (TPSA) is 24.9 Å². The molecule has 0 saturated heterocycles. The molecule has 1 heterocycles. The van der Waals surface area contributed by atoms with E-state index >= 15 is 0 Å². The van der Waals surface area contributed by atoms with Crippen LogP contribution in [0.3, 0.4) is 0 Å². The highest BCUT2D eigenvalue weighted by Crippen LogP contribution is 2.07. The Morgan fingerprint density at radius 3 is 2.67 bits per heavy atom. The van der Waals surface area contributed by atoms with Crippen LogP contribution in [0.1, 0.15) is 38.6 Å². The highest BCUT2D eigenvalue weighted by atomic mass is 14.9. The number of aromatic nitrogens is 1. The summed E-state index contributed by atoms with van der Waals surface area (Å²) in [5.74, 6) is 0.717. The second kappa shape index (κ2) is 5.86. The van der Waals surface area contributed by atoms with Gasteiger partial charge in [0, 0.05) is 18.3 Å². The molecule has 1 N–H and O–H groups in total. The third kappa shape index (κ3) is 4.00. The molecule has 0 bridgehead atoms. The third-order valence-corrected chi connectivity index (χ3v) is 3.05. The fourth-order valence-electron chi connectivity index (χ4n) is 1.52. The Labute approximate surface area is 93.1 Å². The molecule has 0 aromatic carbocycles. The van der Waals surface area contributed by atoms with E-state index in [1.807, 2.05) is 13.0 Å². The van der Waals surface area contributed by atoms with Gasteiger partial charge in [-0.25, -0.2) is 0 Å². The Hall–Kier alpha value is -0.890. The van der Waals surface area contributed by atoms with E-state index in [1.165, 1.54) is 6.42 Å². The van der Waals surface area contributed by atoms with Gasteiger partial charge in [-0.3, -0.25) is 4.98 Å². The van der Waals surface area contributed by atoms with Gasteiger partial charge in [-0.2, -0.15) is 0 Å². The number of nitrogens with zero attached hydrogens (tertiary/aromatic N) is 1. The standard InChI is InChI=1S/C13H22N2/c1-5-10(2)12(4)14-9-13-8-6-7-11(3)15-13/h6-8,10,12,14H,5,9H2,1-4H3. The van der Waals surface area contributed by atoms with Gasteiger partial charge in [0.1, 0.15) is 0 Å². The molecule has 1 aromatic heterocycles. The van der Waals surface area contributed by atoms with Crippen LogP contribution < -0.4 is 5.32 Å². The molecule has 2 atom stereocenters. The molecule has 0 aliphatic heterocycles. The van der Waals surface area contributed by atoms with E-state index in [0.29, 0.717) is 6.04 Å². The van der Waals surface area contributed by atoms with Crippen LogP contribution in [-0.2, 0) is 6.54 Å². The fourth-order valence-corrected chi connectivity index (χ4v) is 1.52. The zero-order chi connectivity index (χ0) is 11.3. The van der Waals surface area contributed by atoms with Crippen molar-refractivity contribution in [2.24, 2.45) is 5.92 Å². The van der Waals surface area contributed by atoms with Crippen LogP contribution in [0.25, 0.3) is 0 Å². The first-order chi connectivity index (χ1) is 7.13. The van der Waals surface area contributed by atoms with Gasteiger partial charge >= 0.3 is 0 Å². The van der Waals surface area contributed by atoms with Crippen molar-refractivity contribution in [1.82, 2.24) is 10.3 Å². The predicted octanol–water partition coefficient (Wildman–Crippen LogP) is 2.91. The molecule has 0 spiro atoms. The Kier molecular flexibility index (Phi) is 4.76. The van der Waals surface area contributed by atoms with Gasteiger partial charge < -0.3 is 5.32 Å². The Balaban J connectivity index is 2.43. The van der Waals surface area contributed by atoms with E-state index in [1.54, 1.807) is 0 Å². The molecule has 0 amide bonds. The van der Waals surface area contributed by atoms with Crippen LogP contribution in [0.15, 0.2) is 18.2 Å². The molecule has 0 radical (unpaired) electrons. The Bertz CT molecular complexity index is 296. The lowest BCUT2D eigenvalue weighted by Gasteiger charge is -2.19. The van der Waals surface area contributed by atoms with Gasteiger partial charge in [-0.05, 0) is 31.9 Å². The first kappa shape index (κ1) is 12.2. The van der Waals surface area contributed by atoms with Crippen LogP contribution >= 0.6 is 0 Å². The zero-order valence-corrected chi connectivity index (χ0v) is 10.2. The molecular weight excluding hydrogens is 184 g/mol. The second-order valence-corrected chi connectivity index (χ2v) is 4.33. The summed E-state index contributed by atoms with van der Waals surface area (Å²) in [5, 5.41) is 3.51. The van der Waals surface area contributed by atoms with Crippen LogP contribution in [-0.4, -0.2) is 11.0 Å². The second-order valence-electron chi connectivity index (χ2n) is 4.33. The average molecular weight is 206 g/mol. The van der Waals surface area contributed by atoms with Gasteiger partial charge in [-0.1, -0.05) is 26.3 Å². The number of pyridine rings is 1. The first-order valence-corrected chi connectivity index (χ1v) is 5.79. The minimum Gasteiger partial charge on any atom is -0.308 e. The smallest absolute Gasteiger partial charge is 0.0544 e. The highest BCUT2D eigenvalue weighted by Gasteiger charge is 2.09. The maximum absolute atomic E-state index is 4.47. The summed E-state index contributed by atoms with van der Waals surface area (Å²) in [4.78, 5) is 4.47. The van der Waals surface area contributed by atoms with Crippen LogP contribution in [0, 0.1) is 12.8 Å². The van der Waals surface area contributed by atoms with E-state index < -0.39 is 0 Å². The van der Waals surface area contributed by atoms with Gasteiger partial charge in [0.25, 0.3) is 0 Å². The summed E-state index contributed by atoms with van der Waals surface area (Å²) in [6.45, 7) is 9.65. The van der Waals surface area contributed by atoms with Crippen molar-refractivity contribution < 1.29 is 0 Å². The van der Waals surface area contributed by atoms with E-state index in [2.05, 4.69) is 43.2 Å². The predicted molar refractivity (Wildman–Crippen MR) is 64.7 cm³/mol. The summed E-state index contributed by atoms with van der Waals surface area (Å²) in [5.41, 5.74) is 2.22. The van der Waals surface area contributed by atoms with E-state index in [0.717, 1.165) is 23.9 Å². The molecule has 1 rings (SSSR count).